The summed E-state index contributed by atoms with van der Waals surface area (Å²) in [5.41, 5.74) is 33.4. The molecular formula is C108H74N6. The van der Waals surface area contributed by atoms with Crippen LogP contribution in [0.5, 0.6) is 0 Å². The van der Waals surface area contributed by atoms with Gasteiger partial charge in [-0.15, -0.1) is 0 Å². The molecule has 0 radical (unpaired) electrons. The highest BCUT2D eigenvalue weighted by atomic mass is 15.1. The van der Waals surface area contributed by atoms with Crippen molar-refractivity contribution < 1.29 is 0 Å². The molecule has 6 heteroatoms. The standard InChI is InChI=1S/C57H39N3.C51H35N3/c1-57(2)49-32-41(36-26-28-39(29-27-36)54-55(40-20-10-5-11-21-40)60-35-42-22-12-15-25-51(42)58-56(60)59-54)30-31-43(49)46-33-47-48(34-50(46)57)53(38-18-8-4-9-19-38)45-24-14-13-23-44(45)52(47)37-16-6-3-7-17-37;1-51(2)44-27-36(32-21-23-33(24-22-32)46-31-54-47-20-12-9-17-37(47)30-52-50(54)53-46)25-26-38(44)41-28-42-43(29-45(41)51)49(35-15-7-4-8-16-35)40-19-11-10-18-39(40)48(42)34-13-5-3-6-14-34/h3-35H,1-2H3;3-31H,1-2H3. The Hall–Kier alpha value is -14.5. The van der Waals surface area contributed by atoms with Crippen LogP contribution in [0.1, 0.15) is 49.9 Å². The monoisotopic (exact) mass is 1450 g/mol. The SMILES string of the molecule is CC1(C)c2cc(-c3ccc(-c4cn5c(ncc6ccccc65)n4)cc3)ccc2-c2cc3c(-c4ccccc4)c4ccccc4c(-c4ccccc4)c3cc21.CC1(C)c2cc(-c3ccc(-c4nc5nc6ccccc6cn5c4-c4ccccc4)cc3)ccc2-c2cc3c(-c4ccccc4)c4ccccc4c(-c4ccccc4)c3cc21. The van der Waals surface area contributed by atoms with Gasteiger partial charge >= 0.3 is 0 Å². The Morgan fingerprint density at radius 2 is 0.623 bits per heavy atom. The predicted molar refractivity (Wildman–Crippen MR) is 475 cm³/mol. The van der Waals surface area contributed by atoms with E-state index >= 15 is 0 Å². The van der Waals surface area contributed by atoms with Crippen LogP contribution >= 0.6 is 0 Å². The Kier molecular flexibility index (Phi) is 15.2. The fraction of sp³-hybridized carbons (Fsp3) is 0.0556. The molecule has 536 valence electrons. The Bertz CT molecular complexity index is 7470. The number of rotatable bonds is 9. The molecule has 114 heavy (non-hydrogen) atoms. The van der Waals surface area contributed by atoms with E-state index in [2.05, 4.69) is 394 Å². The molecule has 4 heterocycles. The van der Waals surface area contributed by atoms with E-state index in [1.807, 2.05) is 24.4 Å². The zero-order valence-corrected chi connectivity index (χ0v) is 63.5. The normalized spacial score (nSPS) is 13.1. The van der Waals surface area contributed by atoms with Crippen LogP contribution in [0.3, 0.4) is 0 Å². The first kappa shape index (κ1) is 66.5. The van der Waals surface area contributed by atoms with E-state index in [0.717, 1.165) is 55.6 Å². The molecular weight excluding hydrogens is 1380 g/mol. The molecule has 0 bridgehead atoms. The maximum absolute atomic E-state index is 5.14. The zero-order chi connectivity index (χ0) is 75.9. The van der Waals surface area contributed by atoms with Gasteiger partial charge in [0.2, 0.25) is 11.6 Å². The van der Waals surface area contributed by atoms with Gasteiger partial charge in [0.05, 0.1) is 28.1 Å². The molecule has 2 aliphatic rings. The number of fused-ring (bicyclic) bond motifs is 15. The molecule has 0 aliphatic heterocycles. The van der Waals surface area contributed by atoms with Gasteiger partial charge in [0.15, 0.2) is 0 Å². The van der Waals surface area contributed by atoms with E-state index in [1.165, 1.54) is 154 Å². The maximum Gasteiger partial charge on any atom is 0.235 e. The van der Waals surface area contributed by atoms with Crippen molar-refractivity contribution in [2.45, 2.75) is 38.5 Å². The first-order valence-corrected chi connectivity index (χ1v) is 39.4. The van der Waals surface area contributed by atoms with Crippen LogP contribution in [0, 0.1) is 0 Å². The summed E-state index contributed by atoms with van der Waals surface area (Å²) >= 11 is 0. The molecule has 0 fully saturated rings. The molecule has 6 nitrogen and oxygen atoms in total. The van der Waals surface area contributed by atoms with Gasteiger partial charge in [0.1, 0.15) is 0 Å². The van der Waals surface area contributed by atoms with E-state index in [1.54, 1.807) is 0 Å². The van der Waals surface area contributed by atoms with Crippen molar-refractivity contribution in [3.8, 4) is 123 Å². The maximum atomic E-state index is 5.14. The number of benzene rings is 17. The molecule has 0 atom stereocenters. The molecule has 17 aromatic carbocycles. The minimum atomic E-state index is -0.209. The molecule has 0 spiro atoms. The number of aromatic nitrogens is 6. The van der Waals surface area contributed by atoms with E-state index in [-0.39, 0.29) is 10.8 Å². The fourth-order valence-corrected chi connectivity index (χ4v) is 18.8. The van der Waals surface area contributed by atoms with Gasteiger partial charge in [-0.3, -0.25) is 8.80 Å². The third-order valence-electron chi connectivity index (χ3n) is 24.5. The lowest BCUT2D eigenvalue weighted by Gasteiger charge is -2.24. The molecule has 0 saturated carbocycles. The van der Waals surface area contributed by atoms with Gasteiger partial charge in [-0.1, -0.05) is 337 Å². The molecule has 23 rings (SSSR count). The third-order valence-corrected chi connectivity index (χ3v) is 24.5. The Morgan fingerprint density at radius 1 is 0.246 bits per heavy atom. The van der Waals surface area contributed by atoms with Gasteiger partial charge in [-0.2, -0.15) is 0 Å². The summed E-state index contributed by atoms with van der Waals surface area (Å²) in [6.45, 7) is 9.56. The van der Waals surface area contributed by atoms with Crippen LogP contribution in [-0.2, 0) is 10.8 Å². The lowest BCUT2D eigenvalue weighted by molar-refractivity contribution is 0.661. The minimum Gasteiger partial charge on any atom is -0.283 e. The molecule has 4 aromatic heterocycles. The zero-order valence-electron chi connectivity index (χ0n) is 63.5. The average molecular weight is 1460 g/mol. The van der Waals surface area contributed by atoms with Gasteiger partial charge < -0.3 is 0 Å². The van der Waals surface area contributed by atoms with Gasteiger partial charge in [0, 0.05) is 56.9 Å². The Balaban J connectivity index is 0.000000140. The van der Waals surface area contributed by atoms with E-state index in [0.29, 0.717) is 11.6 Å². The second-order valence-electron chi connectivity index (χ2n) is 31.6. The summed E-state index contributed by atoms with van der Waals surface area (Å²) in [7, 11) is 0. The fourth-order valence-electron chi connectivity index (χ4n) is 18.8. The van der Waals surface area contributed by atoms with Crippen LogP contribution in [0.25, 0.3) is 199 Å². The number of imidazole rings is 2. The first-order chi connectivity index (χ1) is 56.0. The highest BCUT2D eigenvalue weighted by Gasteiger charge is 2.39. The average Bonchev–Trinajstić information content (AvgIpc) is 1.47. The summed E-state index contributed by atoms with van der Waals surface area (Å²) in [6, 6.07) is 130. The highest BCUT2D eigenvalue weighted by Crippen LogP contribution is 2.57. The smallest absolute Gasteiger partial charge is 0.235 e. The second-order valence-corrected chi connectivity index (χ2v) is 31.6. The van der Waals surface area contributed by atoms with Crippen molar-refractivity contribution in [3.63, 3.8) is 0 Å². The summed E-state index contributed by atoms with van der Waals surface area (Å²) in [6.07, 6.45) is 6.15. The van der Waals surface area contributed by atoms with Crippen LogP contribution in [0.4, 0.5) is 0 Å². The molecule has 21 aromatic rings. The van der Waals surface area contributed by atoms with Crippen LogP contribution in [0.15, 0.2) is 377 Å². The number of hydrogen-bond donors (Lipinski definition) is 0. The lowest BCUT2D eigenvalue weighted by atomic mass is 9.79. The Morgan fingerprint density at radius 3 is 1.10 bits per heavy atom. The second kappa shape index (κ2) is 26.1. The lowest BCUT2D eigenvalue weighted by Crippen LogP contribution is -2.15. The topological polar surface area (TPSA) is 60.4 Å². The molecule has 0 saturated heterocycles. The number of para-hydroxylation sites is 2. The largest absolute Gasteiger partial charge is 0.283 e. The number of nitrogens with zero attached hydrogens (tertiary/aromatic N) is 6. The van der Waals surface area contributed by atoms with Gasteiger partial charge in [-0.25, -0.2) is 19.9 Å². The number of hydrogen-bond acceptors (Lipinski definition) is 4. The quantitative estimate of drug-likeness (QED) is 0.135. The van der Waals surface area contributed by atoms with E-state index in [4.69, 9.17) is 15.0 Å². The predicted octanol–water partition coefficient (Wildman–Crippen LogP) is 28.0. The third kappa shape index (κ3) is 10.6. The van der Waals surface area contributed by atoms with Crippen LogP contribution < -0.4 is 0 Å². The van der Waals surface area contributed by atoms with Crippen molar-refractivity contribution in [1.29, 1.82) is 0 Å². The summed E-state index contributed by atoms with van der Waals surface area (Å²) in [5, 5.41) is 12.4. The molecule has 2 aliphatic carbocycles. The van der Waals surface area contributed by atoms with Crippen molar-refractivity contribution in [1.82, 2.24) is 28.7 Å². The van der Waals surface area contributed by atoms with E-state index < -0.39 is 0 Å². The van der Waals surface area contributed by atoms with E-state index in [9.17, 15) is 0 Å². The van der Waals surface area contributed by atoms with Crippen molar-refractivity contribution in [3.05, 3.63) is 399 Å². The first-order valence-electron chi connectivity index (χ1n) is 39.4. The minimum absolute atomic E-state index is 0.187. The van der Waals surface area contributed by atoms with Crippen molar-refractivity contribution in [2.75, 3.05) is 0 Å². The molecule has 0 N–H and O–H groups in total. The summed E-state index contributed by atoms with van der Waals surface area (Å²) in [4.78, 5) is 19.6. The Labute approximate surface area is 661 Å². The summed E-state index contributed by atoms with van der Waals surface area (Å²) in [5.74, 6) is 1.40. The van der Waals surface area contributed by atoms with Gasteiger partial charge in [0.25, 0.3) is 0 Å². The van der Waals surface area contributed by atoms with Crippen molar-refractivity contribution in [2.24, 2.45) is 0 Å². The molecule has 0 unspecified atom stereocenters. The summed E-state index contributed by atoms with van der Waals surface area (Å²) < 4.78 is 4.22. The van der Waals surface area contributed by atoms with Gasteiger partial charge in [-0.05, 0) is 203 Å². The van der Waals surface area contributed by atoms with Crippen LogP contribution in [-0.4, -0.2) is 28.7 Å². The van der Waals surface area contributed by atoms with Crippen LogP contribution in [0.2, 0.25) is 0 Å². The molecule has 0 amide bonds. The highest BCUT2D eigenvalue weighted by molar-refractivity contribution is 6.24. The van der Waals surface area contributed by atoms with Crippen molar-refractivity contribution >= 4 is 76.5 Å².